The first-order valence-electron chi connectivity index (χ1n) is 6.35. The van der Waals surface area contributed by atoms with Gasteiger partial charge in [-0.25, -0.2) is 4.98 Å². The van der Waals surface area contributed by atoms with Gasteiger partial charge in [0.2, 0.25) is 0 Å². The van der Waals surface area contributed by atoms with E-state index in [-0.39, 0.29) is 5.97 Å². The molecule has 2 aromatic heterocycles. The highest BCUT2D eigenvalue weighted by atomic mass is 16.6. The second kappa shape index (κ2) is 4.99. The van der Waals surface area contributed by atoms with E-state index in [1.165, 1.54) is 0 Å². The Kier molecular flexibility index (Phi) is 3.55. The summed E-state index contributed by atoms with van der Waals surface area (Å²) in [6.45, 7) is 8.10. The van der Waals surface area contributed by atoms with Crippen LogP contribution in [0.25, 0.3) is 11.0 Å². The van der Waals surface area contributed by atoms with E-state index in [1.54, 1.807) is 12.4 Å². The lowest BCUT2D eigenvalue weighted by Crippen LogP contribution is -2.24. The molecule has 19 heavy (non-hydrogen) atoms. The van der Waals surface area contributed by atoms with Crippen LogP contribution in [-0.4, -0.2) is 26.1 Å². The lowest BCUT2D eigenvalue weighted by molar-refractivity contribution is -0.155. The van der Waals surface area contributed by atoms with Gasteiger partial charge in [0.1, 0.15) is 16.9 Å². The third kappa shape index (κ3) is 3.30. The summed E-state index contributed by atoms with van der Waals surface area (Å²) in [6.07, 6.45) is 3.80. The van der Waals surface area contributed by atoms with Gasteiger partial charge >= 0.3 is 5.97 Å². The minimum atomic E-state index is -0.437. The van der Waals surface area contributed by atoms with Crippen molar-refractivity contribution in [3.05, 3.63) is 24.3 Å². The third-order valence-corrected chi connectivity index (χ3v) is 2.70. The molecule has 0 radical (unpaired) electrons. The molecule has 5 nitrogen and oxygen atoms in total. The Balaban J connectivity index is 2.10. The third-order valence-electron chi connectivity index (χ3n) is 2.70. The van der Waals surface area contributed by atoms with Crippen molar-refractivity contribution >= 4 is 17.0 Å². The number of carbonyl (C=O) groups excluding carboxylic acids is 1. The number of aromatic nitrogens is 3. The molecular formula is C14H19N3O2. The zero-order valence-corrected chi connectivity index (χ0v) is 11.8. The van der Waals surface area contributed by atoms with Gasteiger partial charge in [0.15, 0.2) is 0 Å². The number of pyridine rings is 1. The van der Waals surface area contributed by atoms with Gasteiger partial charge in [0.05, 0.1) is 18.1 Å². The summed E-state index contributed by atoms with van der Waals surface area (Å²) in [4.78, 5) is 20.2. The second-order valence-electron chi connectivity index (χ2n) is 5.51. The summed E-state index contributed by atoms with van der Waals surface area (Å²) in [5, 5.41) is 0. The van der Waals surface area contributed by atoms with Crippen LogP contribution in [0.4, 0.5) is 0 Å². The highest BCUT2D eigenvalue weighted by molar-refractivity contribution is 5.75. The average Bonchev–Trinajstić information content (AvgIpc) is 2.60. The highest BCUT2D eigenvalue weighted by Crippen LogP contribution is 2.15. The maximum atomic E-state index is 11.7. The fourth-order valence-electron chi connectivity index (χ4n) is 1.98. The van der Waals surface area contributed by atoms with Crippen molar-refractivity contribution in [1.29, 1.82) is 0 Å². The Morgan fingerprint density at radius 1 is 1.42 bits per heavy atom. The lowest BCUT2D eigenvalue weighted by Gasteiger charge is -2.19. The molecule has 0 N–H and O–H groups in total. The van der Waals surface area contributed by atoms with Crippen molar-refractivity contribution in [2.75, 3.05) is 0 Å². The van der Waals surface area contributed by atoms with Crippen LogP contribution in [0.3, 0.4) is 0 Å². The van der Waals surface area contributed by atoms with Gasteiger partial charge in [-0.05, 0) is 33.8 Å². The summed E-state index contributed by atoms with van der Waals surface area (Å²) in [5.41, 5.74) is 1.41. The molecule has 2 rings (SSSR count). The topological polar surface area (TPSA) is 57.0 Å². The average molecular weight is 261 g/mol. The van der Waals surface area contributed by atoms with E-state index in [0.717, 1.165) is 16.9 Å². The first kappa shape index (κ1) is 13.5. The van der Waals surface area contributed by atoms with E-state index < -0.39 is 5.60 Å². The molecule has 2 heterocycles. The van der Waals surface area contributed by atoms with E-state index in [4.69, 9.17) is 4.74 Å². The number of aryl methyl sites for hydroxylation is 2. The molecule has 0 aliphatic rings. The standard InChI is InChI=1S/C14H19N3O2/c1-10-16-11-9-15-7-5-12(11)17(10)8-6-13(18)19-14(2,3)4/h5,7,9H,6,8H2,1-4H3. The number of esters is 1. The summed E-state index contributed by atoms with van der Waals surface area (Å²) in [6, 6.07) is 1.91. The SMILES string of the molecule is Cc1nc2cnccc2n1CCC(=O)OC(C)(C)C. The zero-order valence-electron chi connectivity index (χ0n) is 11.8. The number of imidazole rings is 1. The quantitative estimate of drug-likeness (QED) is 0.796. The molecule has 0 saturated heterocycles. The van der Waals surface area contributed by atoms with Crippen molar-refractivity contribution in [2.24, 2.45) is 0 Å². The van der Waals surface area contributed by atoms with Crippen LogP contribution in [0.2, 0.25) is 0 Å². The van der Waals surface area contributed by atoms with Crippen LogP contribution < -0.4 is 0 Å². The normalized spacial score (nSPS) is 11.8. The highest BCUT2D eigenvalue weighted by Gasteiger charge is 2.16. The minimum absolute atomic E-state index is 0.192. The summed E-state index contributed by atoms with van der Waals surface area (Å²) in [5.74, 6) is 0.689. The largest absolute Gasteiger partial charge is 0.460 e. The number of rotatable bonds is 3. The van der Waals surface area contributed by atoms with Gasteiger partial charge in [-0.2, -0.15) is 0 Å². The Labute approximate surface area is 112 Å². The second-order valence-corrected chi connectivity index (χ2v) is 5.51. The molecule has 102 valence electrons. The molecule has 0 atom stereocenters. The van der Waals surface area contributed by atoms with Gasteiger partial charge in [-0.15, -0.1) is 0 Å². The smallest absolute Gasteiger partial charge is 0.308 e. The predicted octanol–water partition coefficient (Wildman–Crippen LogP) is 2.47. The number of hydrogen-bond acceptors (Lipinski definition) is 4. The Bertz CT molecular complexity index is 596. The van der Waals surface area contributed by atoms with Gasteiger partial charge in [-0.3, -0.25) is 9.78 Å². The number of fused-ring (bicyclic) bond motifs is 1. The van der Waals surface area contributed by atoms with Crippen molar-refractivity contribution < 1.29 is 9.53 Å². The lowest BCUT2D eigenvalue weighted by atomic mass is 10.2. The monoisotopic (exact) mass is 261 g/mol. The molecule has 0 spiro atoms. The number of ether oxygens (including phenoxy) is 1. The predicted molar refractivity (Wildman–Crippen MR) is 72.7 cm³/mol. The van der Waals surface area contributed by atoms with Gasteiger partial charge in [0, 0.05) is 12.7 Å². The molecule has 0 saturated carbocycles. The minimum Gasteiger partial charge on any atom is -0.460 e. The van der Waals surface area contributed by atoms with Gasteiger partial charge < -0.3 is 9.30 Å². The van der Waals surface area contributed by atoms with Crippen LogP contribution in [0.5, 0.6) is 0 Å². The molecule has 0 fully saturated rings. The number of hydrogen-bond donors (Lipinski definition) is 0. The molecule has 0 aliphatic heterocycles. The first-order chi connectivity index (χ1) is 8.87. The molecule has 0 unspecified atom stereocenters. The number of nitrogens with zero attached hydrogens (tertiary/aromatic N) is 3. The van der Waals surface area contributed by atoms with E-state index in [0.29, 0.717) is 13.0 Å². The van der Waals surface area contributed by atoms with Gasteiger partial charge in [0.25, 0.3) is 0 Å². The Morgan fingerprint density at radius 3 is 2.84 bits per heavy atom. The van der Waals surface area contributed by atoms with Crippen LogP contribution in [0.15, 0.2) is 18.5 Å². The van der Waals surface area contributed by atoms with E-state index in [9.17, 15) is 4.79 Å². The van der Waals surface area contributed by atoms with Crippen molar-refractivity contribution in [3.8, 4) is 0 Å². The van der Waals surface area contributed by atoms with E-state index in [1.807, 2.05) is 38.3 Å². The molecule has 0 amide bonds. The molecular weight excluding hydrogens is 242 g/mol. The van der Waals surface area contributed by atoms with Crippen LogP contribution in [0.1, 0.15) is 33.0 Å². The molecule has 0 bridgehead atoms. The summed E-state index contributed by atoms with van der Waals surface area (Å²) >= 11 is 0. The molecule has 0 aliphatic carbocycles. The fraction of sp³-hybridized carbons (Fsp3) is 0.500. The van der Waals surface area contributed by atoms with Crippen molar-refractivity contribution in [2.45, 2.75) is 46.3 Å². The van der Waals surface area contributed by atoms with E-state index in [2.05, 4.69) is 9.97 Å². The Morgan fingerprint density at radius 2 is 2.16 bits per heavy atom. The fourth-order valence-corrected chi connectivity index (χ4v) is 1.98. The zero-order chi connectivity index (χ0) is 14.0. The molecule has 2 aromatic rings. The van der Waals surface area contributed by atoms with E-state index >= 15 is 0 Å². The maximum absolute atomic E-state index is 11.7. The van der Waals surface area contributed by atoms with Crippen molar-refractivity contribution in [3.63, 3.8) is 0 Å². The van der Waals surface area contributed by atoms with Crippen LogP contribution in [0, 0.1) is 6.92 Å². The first-order valence-corrected chi connectivity index (χ1v) is 6.35. The van der Waals surface area contributed by atoms with Crippen LogP contribution in [-0.2, 0) is 16.1 Å². The molecule has 5 heteroatoms. The maximum Gasteiger partial charge on any atom is 0.308 e. The summed E-state index contributed by atoms with van der Waals surface area (Å²) in [7, 11) is 0. The molecule has 0 aromatic carbocycles. The van der Waals surface area contributed by atoms with Crippen LogP contribution >= 0.6 is 0 Å². The Hall–Kier alpha value is -1.91. The summed E-state index contributed by atoms with van der Waals surface area (Å²) < 4.78 is 7.32. The van der Waals surface area contributed by atoms with Crippen molar-refractivity contribution in [1.82, 2.24) is 14.5 Å². The number of carbonyl (C=O) groups is 1. The van der Waals surface area contributed by atoms with Gasteiger partial charge in [-0.1, -0.05) is 0 Å².